The minimum Gasteiger partial charge on any atom is -0.493 e. The van der Waals surface area contributed by atoms with Crippen LogP contribution in [-0.2, 0) is 17.8 Å². The molecule has 29 heavy (non-hydrogen) atoms. The summed E-state index contributed by atoms with van der Waals surface area (Å²) in [5, 5.41) is 3.10. The molecule has 0 fully saturated rings. The molecule has 1 aliphatic heterocycles. The lowest BCUT2D eigenvalue weighted by molar-refractivity contribution is -0.157. The molecule has 7 nitrogen and oxygen atoms in total. The Morgan fingerprint density at radius 3 is 2.41 bits per heavy atom. The zero-order chi connectivity index (χ0) is 21.6. The summed E-state index contributed by atoms with van der Waals surface area (Å²) >= 11 is 0. The second kappa shape index (κ2) is 9.71. The SMILES string of the molecule is CCNC(=NCC(=O)N(C)CC(F)(F)F)N1CCc2cc(OC)c(OC)cc2C1. The zero-order valence-electron chi connectivity index (χ0n) is 17.1. The van der Waals surface area contributed by atoms with Crippen LogP contribution in [0.1, 0.15) is 18.1 Å². The van der Waals surface area contributed by atoms with Gasteiger partial charge in [0.1, 0.15) is 13.1 Å². The maximum Gasteiger partial charge on any atom is 0.406 e. The van der Waals surface area contributed by atoms with E-state index < -0.39 is 18.6 Å². The van der Waals surface area contributed by atoms with Gasteiger partial charge in [0.25, 0.3) is 0 Å². The van der Waals surface area contributed by atoms with Crippen LogP contribution in [0, 0.1) is 0 Å². The summed E-state index contributed by atoms with van der Waals surface area (Å²) in [7, 11) is 4.27. The van der Waals surface area contributed by atoms with Gasteiger partial charge in [-0.05, 0) is 36.6 Å². The molecule has 0 atom stereocenters. The van der Waals surface area contributed by atoms with Gasteiger partial charge < -0.3 is 24.6 Å². The van der Waals surface area contributed by atoms with Gasteiger partial charge in [0.15, 0.2) is 17.5 Å². The van der Waals surface area contributed by atoms with Crippen LogP contribution in [-0.4, -0.2) is 75.3 Å². The maximum atomic E-state index is 12.5. The van der Waals surface area contributed by atoms with Gasteiger partial charge in [0.05, 0.1) is 14.2 Å². The molecule has 1 aliphatic rings. The number of fused-ring (bicyclic) bond motifs is 1. The Labute approximate surface area is 168 Å². The quantitative estimate of drug-likeness (QED) is 0.568. The van der Waals surface area contributed by atoms with Gasteiger partial charge in [-0.25, -0.2) is 4.99 Å². The number of carbonyl (C=O) groups is 1. The molecule has 0 bridgehead atoms. The first-order valence-electron chi connectivity index (χ1n) is 9.26. The number of hydrogen-bond acceptors (Lipinski definition) is 4. The smallest absolute Gasteiger partial charge is 0.406 e. The zero-order valence-corrected chi connectivity index (χ0v) is 17.1. The fraction of sp³-hybridized carbons (Fsp3) is 0.579. The summed E-state index contributed by atoms with van der Waals surface area (Å²) in [5.74, 6) is 1.08. The van der Waals surface area contributed by atoms with E-state index in [-0.39, 0.29) is 6.54 Å². The van der Waals surface area contributed by atoms with Gasteiger partial charge in [0.2, 0.25) is 5.91 Å². The number of carbonyl (C=O) groups excluding carboxylic acids is 1. The first-order chi connectivity index (χ1) is 13.7. The molecule has 1 aromatic rings. The molecule has 162 valence electrons. The van der Waals surface area contributed by atoms with Crippen LogP contribution in [0.3, 0.4) is 0 Å². The van der Waals surface area contributed by atoms with Crippen LogP contribution in [0.4, 0.5) is 13.2 Å². The van der Waals surface area contributed by atoms with Crippen molar-refractivity contribution in [2.45, 2.75) is 26.1 Å². The number of methoxy groups -OCH3 is 2. The van der Waals surface area contributed by atoms with E-state index in [9.17, 15) is 18.0 Å². The van der Waals surface area contributed by atoms with Gasteiger partial charge in [-0.1, -0.05) is 0 Å². The van der Waals surface area contributed by atoms with Crippen molar-refractivity contribution in [1.82, 2.24) is 15.1 Å². The second-order valence-corrected chi connectivity index (χ2v) is 6.68. The van der Waals surface area contributed by atoms with E-state index in [1.165, 1.54) is 0 Å². The van der Waals surface area contributed by atoms with Crippen LogP contribution in [0.25, 0.3) is 0 Å². The molecular formula is C19H27F3N4O3. The fourth-order valence-corrected chi connectivity index (χ4v) is 3.11. The first-order valence-corrected chi connectivity index (χ1v) is 9.26. The number of aliphatic imine (C=N–C) groups is 1. The van der Waals surface area contributed by atoms with Crippen molar-refractivity contribution >= 4 is 11.9 Å². The molecule has 1 heterocycles. The molecule has 0 radical (unpaired) electrons. The highest BCUT2D eigenvalue weighted by atomic mass is 19.4. The number of likely N-dealkylation sites (N-methyl/N-ethyl adjacent to an activating group) is 1. The Kier molecular flexibility index (Phi) is 7.58. The van der Waals surface area contributed by atoms with Crippen LogP contribution < -0.4 is 14.8 Å². The number of hydrogen-bond donors (Lipinski definition) is 1. The molecule has 10 heteroatoms. The monoisotopic (exact) mass is 416 g/mol. The van der Waals surface area contributed by atoms with E-state index in [1.807, 2.05) is 24.0 Å². The number of nitrogens with zero attached hydrogens (tertiary/aromatic N) is 3. The number of rotatable bonds is 6. The Bertz CT molecular complexity index is 753. The minimum absolute atomic E-state index is 0.357. The third kappa shape index (κ3) is 6.16. The molecule has 1 N–H and O–H groups in total. The number of amides is 1. The number of halogens is 3. The maximum absolute atomic E-state index is 12.5. The highest BCUT2D eigenvalue weighted by molar-refractivity contribution is 5.85. The van der Waals surface area contributed by atoms with Crippen LogP contribution in [0.2, 0.25) is 0 Å². The molecule has 1 aromatic carbocycles. The van der Waals surface area contributed by atoms with Crippen molar-refractivity contribution in [1.29, 1.82) is 0 Å². The summed E-state index contributed by atoms with van der Waals surface area (Å²) < 4.78 is 48.1. The molecule has 0 saturated heterocycles. The van der Waals surface area contributed by atoms with Crippen LogP contribution >= 0.6 is 0 Å². The normalized spacial score (nSPS) is 14.3. The minimum atomic E-state index is -4.44. The lowest BCUT2D eigenvalue weighted by atomic mass is 9.99. The topological polar surface area (TPSA) is 66.4 Å². The molecule has 0 unspecified atom stereocenters. The predicted octanol–water partition coefficient (Wildman–Crippen LogP) is 2.05. The van der Waals surface area contributed by atoms with Crippen molar-refractivity contribution in [2.24, 2.45) is 4.99 Å². The van der Waals surface area contributed by atoms with Crippen molar-refractivity contribution in [3.05, 3.63) is 23.3 Å². The predicted molar refractivity (Wildman–Crippen MR) is 103 cm³/mol. The number of ether oxygens (including phenoxy) is 2. The van der Waals surface area contributed by atoms with Gasteiger partial charge in [-0.15, -0.1) is 0 Å². The number of guanidine groups is 1. The van der Waals surface area contributed by atoms with E-state index in [2.05, 4.69) is 10.3 Å². The number of alkyl halides is 3. The molecule has 0 aromatic heterocycles. The standard InChI is InChI=1S/C19H27F3N4O3/c1-5-23-18(24-10-17(27)25(2)12-19(20,21)22)26-7-6-13-8-15(28-3)16(29-4)9-14(13)11-26/h8-9H,5-7,10-12H2,1-4H3,(H,23,24). The van der Waals surface area contributed by atoms with Crippen molar-refractivity contribution in [3.8, 4) is 11.5 Å². The van der Waals surface area contributed by atoms with Crippen molar-refractivity contribution < 1.29 is 27.4 Å². The Hall–Kier alpha value is -2.65. The van der Waals surface area contributed by atoms with E-state index in [0.29, 0.717) is 42.0 Å². The number of benzene rings is 1. The Balaban J connectivity index is 2.13. The Morgan fingerprint density at radius 2 is 1.86 bits per heavy atom. The van der Waals surface area contributed by atoms with E-state index in [0.717, 1.165) is 24.6 Å². The van der Waals surface area contributed by atoms with Gasteiger partial charge >= 0.3 is 6.18 Å². The summed E-state index contributed by atoms with van der Waals surface area (Å²) in [6, 6.07) is 3.86. The van der Waals surface area contributed by atoms with Crippen LogP contribution in [0.15, 0.2) is 17.1 Å². The average Bonchev–Trinajstić information content (AvgIpc) is 2.67. The largest absolute Gasteiger partial charge is 0.493 e. The molecule has 0 aliphatic carbocycles. The van der Waals surface area contributed by atoms with E-state index in [4.69, 9.17) is 9.47 Å². The Morgan fingerprint density at radius 1 is 1.24 bits per heavy atom. The van der Waals surface area contributed by atoms with Crippen LogP contribution in [0.5, 0.6) is 11.5 Å². The molecule has 0 saturated carbocycles. The van der Waals surface area contributed by atoms with Crippen molar-refractivity contribution in [3.63, 3.8) is 0 Å². The fourth-order valence-electron chi connectivity index (χ4n) is 3.11. The summed E-state index contributed by atoms with van der Waals surface area (Å²) in [6.45, 7) is 2.00. The van der Waals surface area contributed by atoms with E-state index in [1.54, 1.807) is 14.2 Å². The molecule has 1 amide bonds. The summed E-state index contributed by atoms with van der Waals surface area (Å²) in [6.07, 6.45) is -3.70. The van der Waals surface area contributed by atoms with Gasteiger partial charge in [-0.2, -0.15) is 13.2 Å². The molecule has 0 spiro atoms. The third-order valence-electron chi connectivity index (χ3n) is 4.56. The first kappa shape index (κ1) is 22.6. The second-order valence-electron chi connectivity index (χ2n) is 6.68. The molecule has 2 rings (SSSR count). The highest BCUT2D eigenvalue weighted by Gasteiger charge is 2.31. The summed E-state index contributed by atoms with van der Waals surface area (Å²) in [5.41, 5.74) is 2.18. The van der Waals surface area contributed by atoms with Crippen molar-refractivity contribution in [2.75, 3.05) is 47.4 Å². The lowest BCUT2D eigenvalue weighted by Crippen LogP contribution is -2.45. The lowest BCUT2D eigenvalue weighted by Gasteiger charge is -2.32. The highest BCUT2D eigenvalue weighted by Crippen LogP contribution is 2.33. The third-order valence-corrected chi connectivity index (χ3v) is 4.56. The van der Waals surface area contributed by atoms with Gasteiger partial charge in [0, 0.05) is 26.7 Å². The molecular weight excluding hydrogens is 389 g/mol. The number of nitrogens with one attached hydrogen (secondary N) is 1. The average molecular weight is 416 g/mol. The van der Waals surface area contributed by atoms with E-state index >= 15 is 0 Å². The summed E-state index contributed by atoms with van der Waals surface area (Å²) in [4.78, 5) is 18.9. The van der Waals surface area contributed by atoms with Gasteiger partial charge in [-0.3, -0.25) is 4.79 Å².